The third kappa shape index (κ3) is 25.7. The molecule has 0 aromatic heterocycles. The fourth-order valence-electron chi connectivity index (χ4n) is 10.4. The molecule has 350 valence electrons. The number of allylic oxidation sites excluding steroid dienone is 8. The lowest BCUT2D eigenvalue weighted by Gasteiger charge is -2.35. The second-order valence-corrected chi connectivity index (χ2v) is 28.5. The van der Waals surface area contributed by atoms with Crippen molar-refractivity contribution in [1.29, 1.82) is 0 Å². The highest BCUT2D eigenvalue weighted by Gasteiger charge is 2.38. The van der Waals surface area contributed by atoms with Gasteiger partial charge in [-0.05, 0) is 120 Å². The van der Waals surface area contributed by atoms with Gasteiger partial charge in [0.1, 0.15) is 13.2 Å². The molecule has 0 saturated carbocycles. The molecule has 0 radical (unpaired) electrons. The molecule has 0 aliphatic carbocycles. The standard InChI is InChI=1S/C56H102O4/c1-45(2,3)37-47(7,8)27-29-49(11,12)39-51(15,16)31-33-53(19,20)41-55(23,24)43(57)59-35-36-60-44(58)56(25,26)42-54(21,22)34-32-52(17,18)40-50(13,14)30-28-48(9,10)38-46(4,5)6/h27-34H,35-42H2,1-26H3/b29-27-,30-28-,33-31-,34-32-. The molecular weight excluding hydrogens is 737 g/mol. The lowest BCUT2D eigenvalue weighted by molar-refractivity contribution is -0.164. The first-order valence-electron chi connectivity index (χ1n) is 23.3. The van der Waals surface area contributed by atoms with Crippen LogP contribution in [0.15, 0.2) is 48.6 Å². The number of hydrogen-bond donors (Lipinski definition) is 0. The topological polar surface area (TPSA) is 52.6 Å². The van der Waals surface area contributed by atoms with Crippen LogP contribution in [0.25, 0.3) is 0 Å². The zero-order valence-corrected chi connectivity index (χ0v) is 44.9. The second-order valence-electron chi connectivity index (χ2n) is 28.5. The molecule has 0 aliphatic rings. The van der Waals surface area contributed by atoms with Crippen molar-refractivity contribution in [2.75, 3.05) is 13.2 Å². The van der Waals surface area contributed by atoms with E-state index in [1.165, 1.54) is 0 Å². The number of carbonyl (C=O) groups is 2. The van der Waals surface area contributed by atoms with E-state index in [4.69, 9.17) is 9.47 Å². The molecule has 0 bridgehead atoms. The largest absolute Gasteiger partial charge is 0.462 e. The van der Waals surface area contributed by atoms with E-state index < -0.39 is 10.8 Å². The molecule has 0 atom stereocenters. The van der Waals surface area contributed by atoms with E-state index in [0.29, 0.717) is 12.8 Å². The molecule has 0 rings (SSSR count). The van der Waals surface area contributed by atoms with E-state index >= 15 is 0 Å². The normalized spacial score (nSPS) is 15.6. The van der Waals surface area contributed by atoms with Crippen LogP contribution in [0.1, 0.15) is 219 Å². The molecule has 0 N–H and O–H groups in total. The predicted octanol–water partition coefficient (Wildman–Crippen LogP) is 17.0. The van der Waals surface area contributed by atoms with E-state index in [-0.39, 0.29) is 79.3 Å². The van der Waals surface area contributed by atoms with Gasteiger partial charge < -0.3 is 9.47 Å². The van der Waals surface area contributed by atoms with E-state index in [1.807, 2.05) is 27.7 Å². The van der Waals surface area contributed by atoms with Gasteiger partial charge >= 0.3 is 11.9 Å². The smallest absolute Gasteiger partial charge is 0.311 e. The molecule has 0 amide bonds. The van der Waals surface area contributed by atoms with Gasteiger partial charge in [-0.3, -0.25) is 9.59 Å². The van der Waals surface area contributed by atoms with Crippen LogP contribution >= 0.6 is 0 Å². The van der Waals surface area contributed by atoms with E-state index in [1.54, 1.807) is 0 Å². The SMILES string of the molecule is CC(C)(C)CC(C)(C)/C=C\C(C)(C)CC(C)(C)/C=C\C(C)(C)CC(C)(C)C(=O)OCCOC(=O)C(C)(C)CC(C)(C)/C=C\C(C)(C)CC(C)(C)/C=C\C(C)(C)CC(C)(C)C. The zero-order valence-electron chi connectivity index (χ0n) is 44.9. The Balaban J connectivity index is 5.33. The average Bonchev–Trinajstić information content (AvgIpc) is 2.95. The molecule has 0 spiro atoms. The van der Waals surface area contributed by atoms with Crippen LogP contribution in [0.3, 0.4) is 0 Å². The molecule has 0 aromatic rings. The van der Waals surface area contributed by atoms with Crippen molar-refractivity contribution in [3.63, 3.8) is 0 Å². The van der Waals surface area contributed by atoms with Crippen molar-refractivity contribution >= 4 is 11.9 Å². The van der Waals surface area contributed by atoms with Crippen molar-refractivity contribution in [3.05, 3.63) is 48.6 Å². The van der Waals surface area contributed by atoms with Crippen molar-refractivity contribution in [1.82, 2.24) is 0 Å². The van der Waals surface area contributed by atoms with E-state index in [2.05, 4.69) is 201 Å². The summed E-state index contributed by atoms with van der Waals surface area (Å²) in [5, 5.41) is 0. The van der Waals surface area contributed by atoms with Crippen molar-refractivity contribution in [2.45, 2.75) is 219 Å². The summed E-state index contributed by atoms with van der Waals surface area (Å²) in [4.78, 5) is 26.7. The number of hydrogen-bond acceptors (Lipinski definition) is 4. The fourth-order valence-corrected chi connectivity index (χ4v) is 10.4. The van der Waals surface area contributed by atoms with Crippen LogP contribution in [0.2, 0.25) is 0 Å². The van der Waals surface area contributed by atoms with E-state index in [9.17, 15) is 9.59 Å². The summed E-state index contributed by atoms with van der Waals surface area (Å²) in [7, 11) is 0. The van der Waals surface area contributed by atoms with Gasteiger partial charge in [0.2, 0.25) is 0 Å². The Morgan fingerprint density at radius 3 is 0.633 bits per heavy atom. The first-order valence-corrected chi connectivity index (χ1v) is 23.3. The van der Waals surface area contributed by atoms with Crippen LogP contribution in [-0.4, -0.2) is 25.2 Å². The summed E-state index contributed by atoms with van der Waals surface area (Å²) in [5.41, 5.74) is -0.989. The first-order chi connectivity index (χ1) is 26.1. The fraction of sp³-hybridized carbons (Fsp3) is 0.821. The highest BCUT2D eigenvalue weighted by Crippen LogP contribution is 2.44. The van der Waals surface area contributed by atoms with Gasteiger partial charge in [-0.1, -0.05) is 201 Å². The van der Waals surface area contributed by atoms with Gasteiger partial charge in [0.05, 0.1) is 10.8 Å². The Bertz CT molecular complexity index is 1380. The molecule has 0 heterocycles. The molecule has 60 heavy (non-hydrogen) atoms. The van der Waals surface area contributed by atoms with E-state index in [0.717, 1.165) is 25.7 Å². The summed E-state index contributed by atoms with van der Waals surface area (Å²) in [6.45, 7) is 58.3. The molecule has 4 nitrogen and oxygen atoms in total. The third-order valence-corrected chi connectivity index (χ3v) is 11.2. The van der Waals surface area contributed by atoms with Crippen LogP contribution in [0.5, 0.6) is 0 Å². The summed E-state index contributed by atoms with van der Waals surface area (Å²) >= 11 is 0. The first kappa shape index (κ1) is 57.9. The highest BCUT2D eigenvalue weighted by atomic mass is 16.6. The van der Waals surface area contributed by atoms with Gasteiger partial charge in [0.25, 0.3) is 0 Å². The lowest BCUT2D eigenvalue weighted by Crippen LogP contribution is -2.34. The number of esters is 2. The molecule has 0 unspecified atom stereocenters. The average molecular weight is 839 g/mol. The van der Waals surface area contributed by atoms with Gasteiger partial charge in [-0.15, -0.1) is 0 Å². The Labute approximate surface area is 375 Å². The van der Waals surface area contributed by atoms with Crippen molar-refractivity contribution in [2.24, 2.45) is 65.0 Å². The second kappa shape index (κ2) is 20.2. The Morgan fingerprint density at radius 2 is 0.450 bits per heavy atom. The summed E-state index contributed by atoms with van der Waals surface area (Å²) in [6.07, 6.45) is 24.4. The summed E-state index contributed by atoms with van der Waals surface area (Å²) in [6, 6.07) is 0. The van der Waals surface area contributed by atoms with Crippen molar-refractivity contribution < 1.29 is 19.1 Å². The number of rotatable bonds is 23. The lowest BCUT2D eigenvalue weighted by atomic mass is 9.70. The minimum Gasteiger partial charge on any atom is -0.462 e. The van der Waals surface area contributed by atoms with Gasteiger partial charge in [-0.25, -0.2) is 0 Å². The maximum absolute atomic E-state index is 13.4. The minimum absolute atomic E-state index is 0.0258. The van der Waals surface area contributed by atoms with Crippen LogP contribution in [0, 0.1) is 65.0 Å². The highest BCUT2D eigenvalue weighted by molar-refractivity contribution is 5.77. The molecule has 0 saturated heterocycles. The maximum Gasteiger partial charge on any atom is 0.311 e. The molecular formula is C56H102O4. The van der Waals surface area contributed by atoms with Crippen LogP contribution < -0.4 is 0 Å². The van der Waals surface area contributed by atoms with Crippen LogP contribution in [-0.2, 0) is 19.1 Å². The maximum atomic E-state index is 13.4. The predicted molar refractivity (Wildman–Crippen MR) is 263 cm³/mol. The summed E-state index contributed by atoms with van der Waals surface area (Å²) < 4.78 is 11.4. The zero-order chi connectivity index (χ0) is 47.9. The molecule has 0 aliphatic heterocycles. The van der Waals surface area contributed by atoms with Crippen LogP contribution in [0.4, 0.5) is 0 Å². The molecule has 0 aromatic carbocycles. The van der Waals surface area contributed by atoms with Gasteiger partial charge in [-0.2, -0.15) is 0 Å². The third-order valence-electron chi connectivity index (χ3n) is 11.2. The Morgan fingerprint density at radius 1 is 0.283 bits per heavy atom. The Hall–Kier alpha value is -2.10. The minimum atomic E-state index is -0.708. The van der Waals surface area contributed by atoms with Gasteiger partial charge in [0, 0.05) is 0 Å². The monoisotopic (exact) mass is 839 g/mol. The summed E-state index contributed by atoms with van der Waals surface area (Å²) in [5.74, 6) is -0.548. The van der Waals surface area contributed by atoms with Gasteiger partial charge in [0.15, 0.2) is 0 Å². The molecule has 4 heteroatoms. The molecule has 0 fully saturated rings. The Kier molecular flexibility index (Phi) is 19.5. The van der Waals surface area contributed by atoms with Crippen molar-refractivity contribution in [3.8, 4) is 0 Å². The quantitative estimate of drug-likeness (QED) is 0.0584. The number of ether oxygens (including phenoxy) is 2. The number of carbonyl (C=O) groups excluding carboxylic acids is 2.